The lowest BCUT2D eigenvalue weighted by atomic mass is 9.97. The normalized spacial score (nSPS) is 14.8. The van der Waals surface area contributed by atoms with Crippen LogP contribution in [-0.2, 0) is 17.6 Å². The van der Waals surface area contributed by atoms with Crippen LogP contribution in [0.25, 0.3) is 10.2 Å². The molecule has 1 aliphatic carbocycles. The molecule has 7 heteroatoms. The quantitative estimate of drug-likeness (QED) is 0.702. The minimum Gasteiger partial charge on any atom is -0.324 e. The number of fused-ring (bicyclic) bond motifs is 3. The van der Waals surface area contributed by atoms with Crippen molar-refractivity contribution in [3.05, 3.63) is 55.9 Å². The standard InChI is InChI=1S/C20H20ClN3O2S/c1-11-7-8-13(9-15(11)21)23-18(25)12(2)24-10-22-19-17(20(24)26)14-5-3-4-6-16(14)27-19/h7-10,12H,3-6H2,1-2H3,(H,23,25)/t12-/m0/s1. The molecule has 140 valence electrons. The molecule has 0 spiro atoms. The number of aromatic nitrogens is 2. The van der Waals surface area contributed by atoms with E-state index in [4.69, 9.17) is 11.6 Å². The van der Waals surface area contributed by atoms with Crippen LogP contribution >= 0.6 is 22.9 Å². The van der Waals surface area contributed by atoms with Crippen molar-refractivity contribution < 1.29 is 4.79 Å². The van der Waals surface area contributed by atoms with Gasteiger partial charge in [0.15, 0.2) is 0 Å². The first-order valence-corrected chi connectivity index (χ1v) is 10.2. The number of benzene rings is 1. The van der Waals surface area contributed by atoms with Gasteiger partial charge in [-0.1, -0.05) is 17.7 Å². The number of hydrogen-bond donors (Lipinski definition) is 1. The number of hydrogen-bond acceptors (Lipinski definition) is 4. The Morgan fingerprint density at radius 1 is 1.33 bits per heavy atom. The van der Waals surface area contributed by atoms with E-state index < -0.39 is 6.04 Å². The summed E-state index contributed by atoms with van der Waals surface area (Å²) < 4.78 is 1.43. The van der Waals surface area contributed by atoms with E-state index in [0.29, 0.717) is 16.1 Å². The lowest BCUT2D eigenvalue weighted by Gasteiger charge is -2.16. The van der Waals surface area contributed by atoms with Gasteiger partial charge in [0.25, 0.3) is 5.56 Å². The minimum absolute atomic E-state index is 0.135. The molecule has 5 nitrogen and oxygen atoms in total. The predicted molar refractivity (Wildman–Crippen MR) is 110 cm³/mol. The van der Waals surface area contributed by atoms with E-state index in [0.717, 1.165) is 41.6 Å². The van der Waals surface area contributed by atoms with Gasteiger partial charge in [-0.3, -0.25) is 14.2 Å². The summed E-state index contributed by atoms with van der Waals surface area (Å²) in [6.07, 6.45) is 5.67. The van der Waals surface area contributed by atoms with Gasteiger partial charge in [-0.25, -0.2) is 4.98 Å². The second-order valence-electron chi connectivity index (χ2n) is 6.98. The Kier molecular flexibility index (Phi) is 4.78. The van der Waals surface area contributed by atoms with E-state index in [-0.39, 0.29) is 11.5 Å². The summed E-state index contributed by atoms with van der Waals surface area (Å²) in [7, 11) is 0. The fourth-order valence-corrected chi connectivity index (χ4v) is 4.88. The highest BCUT2D eigenvalue weighted by molar-refractivity contribution is 7.18. The third kappa shape index (κ3) is 3.28. The molecule has 0 aliphatic heterocycles. The molecule has 0 saturated heterocycles. The van der Waals surface area contributed by atoms with Crippen molar-refractivity contribution in [2.45, 2.75) is 45.6 Å². The van der Waals surface area contributed by atoms with Gasteiger partial charge in [0.1, 0.15) is 10.9 Å². The molecule has 1 aromatic carbocycles. The highest BCUT2D eigenvalue weighted by atomic mass is 35.5. The smallest absolute Gasteiger partial charge is 0.263 e. The van der Waals surface area contributed by atoms with Crippen LogP contribution in [0.1, 0.15) is 41.8 Å². The molecule has 0 bridgehead atoms. The van der Waals surface area contributed by atoms with Gasteiger partial charge in [0, 0.05) is 15.6 Å². The molecule has 4 rings (SSSR count). The second-order valence-corrected chi connectivity index (χ2v) is 8.47. The van der Waals surface area contributed by atoms with Crippen LogP contribution in [-0.4, -0.2) is 15.5 Å². The van der Waals surface area contributed by atoms with Crippen molar-refractivity contribution in [3.63, 3.8) is 0 Å². The number of carbonyl (C=O) groups is 1. The van der Waals surface area contributed by atoms with Gasteiger partial charge >= 0.3 is 0 Å². The van der Waals surface area contributed by atoms with Crippen molar-refractivity contribution in [1.29, 1.82) is 0 Å². The number of aryl methyl sites for hydroxylation is 3. The molecule has 1 atom stereocenters. The van der Waals surface area contributed by atoms with Crippen LogP contribution in [0.15, 0.2) is 29.3 Å². The summed E-state index contributed by atoms with van der Waals surface area (Å²) in [6, 6.07) is 4.68. The number of amides is 1. The van der Waals surface area contributed by atoms with Crippen LogP contribution in [0, 0.1) is 6.92 Å². The van der Waals surface area contributed by atoms with Crippen molar-refractivity contribution in [2.75, 3.05) is 5.32 Å². The first-order valence-electron chi connectivity index (χ1n) is 9.04. The minimum atomic E-state index is -0.673. The van der Waals surface area contributed by atoms with Gasteiger partial charge in [-0.2, -0.15) is 0 Å². The molecule has 0 fully saturated rings. The molecule has 1 aliphatic rings. The summed E-state index contributed by atoms with van der Waals surface area (Å²) in [5, 5.41) is 4.11. The summed E-state index contributed by atoms with van der Waals surface area (Å²) in [5.41, 5.74) is 2.54. The Balaban J connectivity index is 1.66. The number of halogens is 1. The molecular weight excluding hydrogens is 382 g/mol. The van der Waals surface area contributed by atoms with Crippen molar-refractivity contribution >= 4 is 44.7 Å². The monoisotopic (exact) mass is 401 g/mol. The van der Waals surface area contributed by atoms with Crippen molar-refractivity contribution in [1.82, 2.24) is 9.55 Å². The van der Waals surface area contributed by atoms with E-state index in [9.17, 15) is 9.59 Å². The molecule has 0 radical (unpaired) electrons. The molecule has 2 heterocycles. The number of rotatable bonds is 3. The lowest BCUT2D eigenvalue weighted by molar-refractivity contribution is -0.118. The van der Waals surface area contributed by atoms with Crippen LogP contribution in [0.5, 0.6) is 0 Å². The third-order valence-electron chi connectivity index (χ3n) is 5.14. The van der Waals surface area contributed by atoms with E-state index in [1.165, 1.54) is 15.8 Å². The van der Waals surface area contributed by atoms with E-state index in [2.05, 4.69) is 10.3 Å². The van der Waals surface area contributed by atoms with Crippen LogP contribution < -0.4 is 10.9 Å². The summed E-state index contributed by atoms with van der Waals surface area (Å²) in [5.74, 6) is -0.276. The van der Waals surface area contributed by atoms with Gasteiger partial charge in [0.05, 0.1) is 11.7 Å². The zero-order valence-corrected chi connectivity index (χ0v) is 16.8. The Morgan fingerprint density at radius 3 is 2.89 bits per heavy atom. The Bertz CT molecular complexity index is 1100. The van der Waals surface area contributed by atoms with Crippen LogP contribution in [0.4, 0.5) is 5.69 Å². The maximum absolute atomic E-state index is 13.1. The highest BCUT2D eigenvalue weighted by Gasteiger charge is 2.23. The SMILES string of the molecule is Cc1ccc(NC(=O)[C@H](C)n2cnc3sc4c(c3c2=O)CCCC4)cc1Cl. The fourth-order valence-electron chi connectivity index (χ4n) is 3.48. The maximum atomic E-state index is 13.1. The van der Waals surface area contributed by atoms with Gasteiger partial charge in [0.2, 0.25) is 5.91 Å². The summed E-state index contributed by atoms with van der Waals surface area (Å²) in [4.78, 5) is 32.3. The predicted octanol–water partition coefficient (Wildman–Crippen LogP) is 4.50. The molecule has 3 aromatic rings. The average Bonchev–Trinajstić information content (AvgIpc) is 3.04. The van der Waals surface area contributed by atoms with Gasteiger partial charge < -0.3 is 5.32 Å². The highest BCUT2D eigenvalue weighted by Crippen LogP contribution is 2.33. The summed E-state index contributed by atoms with van der Waals surface area (Å²) in [6.45, 7) is 3.61. The molecule has 1 amide bonds. The first-order chi connectivity index (χ1) is 13.0. The second kappa shape index (κ2) is 7.09. The third-order valence-corrected chi connectivity index (χ3v) is 6.74. The van der Waals surface area contributed by atoms with Gasteiger partial charge in [-0.15, -0.1) is 11.3 Å². The largest absolute Gasteiger partial charge is 0.324 e. The number of carbonyl (C=O) groups excluding carboxylic acids is 1. The van der Waals surface area contributed by atoms with Crippen molar-refractivity contribution in [3.8, 4) is 0 Å². The molecule has 2 aromatic heterocycles. The molecular formula is C20H20ClN3O2S. The Morgan fingerprint density at radius 2 is 2.11 bits per heavy atom. The topological polar surface area (TPSA) is 64.0 Å². The van der Waals surface area contributed by atoms with Gasteiger partial charge in [-0.05, 0) is 62.8 Å². The molecule has 27 heavy (non-hydrogen) atoms. The zero-order valence-electron chi connectivity index (χ0n) is 15.2. The Hall–Kier alpha value is -2.18. The van der Waals surface area contributed by atoms with Crippen LogP contribution in [0.3, 0.4) is 0 Å². The van der Waals surface area contributed by atoms with E-state index in [1.54, 1.807) is 30.4 Å². The maximum Gasteiger partial charge on any atom is 0.263 e. The van der Waals surface area contributed by atoms with Crippen LogP contribution in [0.2, 0.25) is 5.02 Å². The molecule has 0 unspecified atom stereocenters. The number of nitrogens with one attached hydrogen (secondary N) is 1. The molecule has 0 saturated carbocycles. The average molecular weight is 402 g/mol. The van der Waals surface area contributed by atoms with E-state index >= 15 is 0 Å². The first kappa shape index (κ1) is 18.2. The van der Waals surface area contributed by atoms with E-state index in [1.807, 2.05) is 13.0 Å². The fraction of sp³-hybridized carbons (Fsp3) is 0.350. The number of nitrogens with zero attached hydrogens (tertiary/aromatic N) is 2. The number of thiophene rings is 1. The van der Waals surface area contributed by atoms with Crippen molar-refractivity contribution in [2.24, 2.45) is 0 Å². The lowest BCUT2D eigenvalue weighted by Crippen LogP contribution is -2.32. The Labute approximate surface area is 166 Å². The number of anilines is 1. The zero-order chi connectivity index (χ0) is 19.1. The summed E-state index contributed by atoms with van der Waals surface area (Å²) >= 11 is 7.73. The molecule has 1 N–H and O–H groups in total.